The molecular weight excluding hydrogens is 360 g/mol. The second-order valence-corrected chi connectivity index (χ2v) is 5.27. The SMILES string of the molecule is Cc1c(F)cccc1NC(=O)c1cc(I)ccc1O. The van der Waals surface area contributed by atoms with Crippen molar-refractivity contribution in [3.05, 3.63) is 56.9 Å². The second-order valence-electron chi connectivity index (χ2n) is 4.03. The molecule has 0 spiro atoms. The quantitative estimate of drug-likeness (QED) is 0.792. The van der Waals surface area contributed by atoms with Crippen molar-refractivity contribution < 1.29 is 14.3 Å². The summed E-state index contributed by atoms with van der Waals surface area (Å²) in [5.74, 6) is -0.957. The molecule has 0 saturated carbocycles. The van der Waals surface area contributed by atoms with Crippen LogP contribution in [0.5, 0.6) is 5.75 Å². The van der Waals surface area contributed by atoms with Crippen molar-refractivity contribution in [1.82, 2.24) is 0 Å². The highest BCUT2D eigenvalue weighted by Gasteiger charge is 2.13. The molecule has 98 valence electrons. The maximum absolute atomic E-state index is 13.4. The van der Waals surface area contributed by atoms with Crippen LogP contribution in [0.15, 0.2) is 36.4 Å². The van der Waals surface area contributed by atoms with Crippen LogP contribution in [0.2, 0.25) is 0 Å². The van der Waals surface area contributed by atoms with Crippen molar-refractivity contribution >= 4 is 34.2 Å². The minimum Gasteiger partial charge on any atom is -0.507 e. The van der Waals surface area contributed by atoms with Crippen LogP contribution >= 0.6 is 22.6 Å². The average Bonchev–Trinajstić information content (AvgIpc) is 2.38. The highest BCUT2D eigenvalue weighted by molar-refractivity contribution is 14.1. The molecule has 0 fully saturated rings. The minimum atomic E-state index is -0.468. The topological polar surface area (TPSA) is 49.3 Å². The molecule has 0 aromatic heterocycles. The summed E-state index contributed by atoms with van der Waals surface area (Å²) in [7, 11) is 0. The third-order valence-corrected chi connectivity index (χ3v) is 3.39. The first-order valence-corrected chi connectivity index (χ1v) is 6.62. The lowest BCUT2D eigenvalue weighted by Crippen LogP contribution is -2.13. The Balaban J connectivity index is 2.31. The van der Waals surface area contributed by atoms with E-state index in [4.69, 9.17) is 0 Å². The molecule has 5 heteroatoms. The zero-order valence-electron chi connectivity index (χ0n) is 10.1. The fourth-order valence-electron chi connectivity index (χ4n) is 1.62. The highest BCUT2D eigenvalue weighted by atomic mass is 127. The van der Waals surface area contributed by atoms with Crippen molar-refractivity contribution in [3.8, 4) is 5.75 Å². The number of rotatable bonds is 2. The summed E-state index contributed by atoms with van der Waals surface area (Å²) in [6.07, 6.45) is 0. The zero-order chi connectivity index (χ0) is 14.0. The Morgan fingerprint density at radius 1 is 1.32 bits per heavy atom. The van der Waals surface area contributed by atoms with Crippen LogP contribution < -0.4 is 5.32 Å². The number of benzene rings is 2. The van der Waals surface area contributed by atoms with Gasteiger partial charge in [-0.3, -0.25) is 4.79 Å². The Morgan fingerprint density at radius 2 is 2.05 bits per heavy atom. The van der Waals surface area contributed by atoms with Crippen LogP contribution in [0.1, 0.15) is 15.9 Å². The van der Waals surface area contributed by atoms with E-state index >= 15 is 0 Å². The van der Waals surface area contributed by atoms with E-state index in [9.17, 15) is 14.3 Å². The van der Waals surface area contributed by atoms with E-state index in [1.807, 2.05) is 22.6 Å². The standard InChI is InChI=1S/C14H11FINO2/c1-8-11(15)3-2-4-12(8)17-14(19)10-7-9(16)5-6-13(10)18/h2-7,18H,1H3,(H,17,19). The summed E-state index contributed by atoms with van der Waals surface area (Å²) in [6, 6.07) is 9.18. The molecular formula is C14H11FINO2. The summed E-state index contributed by atoms with van der Waals surface area (Å²) in [5, 5.41) is 12.3. The minimum absolute atomic E-state index is 0.105. The maximum Gasteiger partial charge on any atom is 0.259 e. The number of nitrogens with one attached hydrogen (secondary N) is 1. The molecule has 2 aromatic rings. The van der Waals surface area contributed by atoms with Gasteiger partial charge in [0, 0.05) is 14.8 Å². The van der Waals surface area contributed by atoms with Gasteiger partial charge in [0.15, 0.2) is 0 Å². The van der Waals surface area contributed by atoms with E-state index in [2.05, 4.69) is 5.32 Å². The maximum atomic E-state index is 13.4. The van der Waals surface area contributed by atoms with E-state index in [0.29, 0.717) is 11.3 Å². The predicted octanol–water partition coefficient (Wildman–Crippen LogP) is 3.70. The van der Waals surface area contributed by atoms with Crippen molar-refractivity contribution in [3.63, 3.8) is 0 Å². The number of amides is 1. The molecule has 0 aliphatic rings. The normalized spacial score (nSPS) is 10.3. The van der Waals surface area contributed by atoms with Crippen LogP contribution in [-0.4, -0.2) is 11.0 Å². The summed E-state index contributed by atoms with van der Waals surface area (Å²) in [4.78, 5) is 12.1. The molecule has 0 unspecified atom stereocenters. The van der Waals surface area contributed by atoms with Crippen molar-refractivity contribution in [2.45, 2.75) is 6.92 Å². The van der Waals surface area contributed by atoms with Gasteiger partial charge in [-0.1, -0.05) is 6.07 Å². The van der Waals surface area contributed by atoms with Gasteiger partial charge in [0.25, 0.3) is 5.91 Å². The van der Waals surface area contributed by atoms with Crippen molar-refractivity contribution in [1.29, 1.82) is 0 Å². The number of phenols is 1. The number of hydrogen-bond acceptors (Lipinski definition) is 2. The Morgan fingerprint density at radius 3 is 2.79 bits per heavy atom. The summed E-state index contributed by atoms with van der Waals surface area (Å²) < 4.78 is 14.2. The van der Waals surface area contributed by atoms with Crippen LogP contribution in [0.25, 0.3) is 0 Å². The summed E-state index contributed by atoms with van der Waals surface area (Å²) in [5.41, 5.74) is 0.916. The lowest BCUT2D eigenvalue weighted by molar-refractivity contribution is 0.102. The number of halogens is 2. The Kier molecular flexibility index (Phi) is 4.04. The molecule has 0 bridgehead atoms. The van der Waals surface area contributed by atoms with Gasteiger partial charge in [0.1, 0.15) is 11.6 Å². The van der Waals surface area contributed by atoms with Gasteiger partial charge in [-0.25, -0.2) is 4.39 Å². The molecule has 3 nitrogen and oxygen atoms in total. The molecule has 0 heterocycles. The van der Waals surface area contributed by atoms with E-state index in [0.717, 1.165) is 3.57 Å². The molecule has 0 radical (unpaired) electrons. The van der Waals surface area contributed by atoms with Gasteiger partial charge >= 0.3 is 0 Å². The van der Waals surface area contributed by atoms with E-state index < -0.39 is 5.91 Å². The number of anilines is 1. The lowest BCUT2D eigenvalue weighted by Gasteiger charge is -2.10. The average molecular weight is 371 g/mol. The Hall–Kier alpha value is -1.63. The third-order valence-electron chi connectivity index (χ3n) is 2.72. The number of aromatic hydroxyl groups is 1. The van der Waals surface area contributed by atoms with Gasteiger partial charge in [0.2, 0.25) is 0 Å². The van der Waals surface area contributed by atoms with Crippen molar-refractivity contribution in [2.75, 3.05) is 5.32 Å². The zero-order valence-corrected chi connectivity index (χ0v) is 12.2. The molecule has 2 N–H and O–H groups in total. The van der Waals surface area contributed by atoms with E-state index in [1.54, 1.807) is 25.1 Å². The first-order valence-electron chi connectivity index (χ1n) is 5.54. The number of carbonyl (C=O) groups is 1. The van der Waals surface area contributed by atoms with Gasteiger partial charge in [0.05, 0.1) is 5.56 Å². The van der Waals surface area contributed by atoms with Gasteiger partial charge in [-0.05, 0) is 59.8 Å². The van der Waals surface area contributed by atoms with Gasteiger partial charge in [-0.15, -0.1) is 0 Å². The monoisotopic (exact) mass is 371 g/mol. The molecule has 2 rings (SSSR count). The fourth-order valence-corrected chi connectivity index (χ4v) is 2.11. The first kappa shape index (κ1) is 13.8. The van der Waals surface area contributed by atoms with Crippen LogP contribution in [-0.2, 0) is 0 Å². The molecule has 19 heavy (non-hydrogen) atoms. The Labute approximate surface area is 123 Å². The number of phenolic OH excluding ortho intramolecular Hbond substituents is 1. The third kappa shape index (κ3) is 3.04. The number of hydrogen-bond donors (Lipinski definition) is 2. The molecule has 1 amide bonds. The Bertz CT molecular complexity index is 643. The molecule has 2 aromatic carbocycles. The first-order chi connectivity index (χ1) is 8.99. The van der Waals surface area contributed by atoms with Crippen LogP contribution in [0, 0.1) is 16.3 Å². The number of carbonyl (C=O) groups excluding carboxylic acids is 1. The fraction of sp³-hybridized carbons (Fsp3) is 0.0714. The van der Waals surface area contributed by atoms with E-state index in [-0.39, 0.29) is 17.1 Å². The smallest absolute Gasteiger partial charge is 0.259 e. The largest absolute Gasteiger partial charge is 0.507 e. The van der Waals surface area contributed by atoms with Crippen LogP contribution in [0.4, 0.5) is 10.1 Å². The summed E-state index contributed by atoms with van der Waals surface area (Å²) in [6.45, 7) is 1.58. The lowest BCUT2D eigenvalue weighted by atomic mass is 10.1. The molecule has 0 atom stereocenters. The molecule has 0 aliphatic carbocycles. The predicted molar refractivity (Wildman–Crippen MR) is 79.9 cm³/mol. The van der Waals surface area contributed by atoms with E-state index in [1.165, 1.54) is 18.2 Å². The van der Waals surface area contributed by atoms with Crippen LogP contribution in [0.3, 0.4) is 0 Å². The highest BCUT2D eigenvalue weighted by Crippen LogP contribution is 2.23. The second kappa shape index (κ2) is 5.56. The summed E-state index contributed by atoms with van der Waals surface area (Å²) >= 11 is 2.05. The van der Waals surface area contributed by atoms with Gasteiger partial charge in [-0.2, -0.15) is 0 Å². The van der Waals surface area contributed by atoms with Gasteiger partial charge < -0.3 is 10.4 Å². The molecule has 0 saturated heterocycles. The van der Waals surface area contributed by atoms with Crippen molar-refractivity contribution in [2.24, 2.45) is 0 Å². The molecule has 0 aliphatic heterocycles.